The Kier molecular flexibility index (Phi) is 4.62. The Morgan fingerprint density at radius 3 is 2.62 bits per heavy atom. The van der Waals surface area contributed by atoms with Gasteiger partial charge in [-0.15, -0.1) is 0 Å². The first-order chi connectivity index (χ1) is 12.0. The zero-order valence-electron chi connectivity index (χ0n) is 15.4. The summed E-state index contributed by atoms with van der Waals surface area (Å²) in [7, 11) is 0. The maximum Gasteiger partial charge on any atom is 0.410 e. The van der Waals surface area contributed by atoms with Crippen molar-refractivity contribution in [3.05, 3.63) is 26.9 Å². The number of amides is 1. The van der Waals surface area contributed by atoms with Crippen LogP contribution in [0.4, 0.5) is 16.3 Å². The van der Waals surface area contributed by atoms with E-state index in [1.165, 1.54) is 12.1 Å². The fourth-order valence-corrected chi connectivity index (χ4v) is 3.72. The lowest BCUT2D eigenvalue weighted by Gasteiger charge is -2.46. The highest BCUT2D eigenvalue weighted by atomic mass is 79.9. The molecule has 1 aliphatic heterocycles. The van der Waals surface area contributed by atoms with Gasteiger partial charge in [-0.05, 0) is 56.5 Å². The van der Waals surface area contributed by atoms with Crippen molar-refractivity contribution in [2.75, 3.05) is 18.0 Å². The number of nitro groups is 1. The SMILES string of the molecule is CC1CN(C(=O)OC(C)(C)C)C2(CC2)CN1c1cc([N+](=O)[O-])cc(Br)n1. The average molecular weight is 427 g/mol. The third-order valence-corrected chi connectivity index (χ3v) is 5.13. The highest BCUT2D eigenvalue weighted by molar-refractivity contribution is 9.10. The van der Waals surface area contributed by atoms with E-state index in [1.54, 1.807) is 0 Å². The first-order valence-electron chi connectivity index (χ1n) is 8.60. The monoisotopic (exact) mass is 426 g/mol. The molecule has 0 radical (unpaired) electrons. The van der Waals surface area contributed by atoms with Crippen LogP contribution in [0.3, 0.4) is 0 Å². The summed E-state index contributed by atoms with van der Waals surface area (Å²) in [5.74, 6) is 0.550. The Morgan fingerprint density at radius 1 is 1.42 bits per heavy atom. The summed E-state index contributed by atoms with van der Waals surface area (Å²) in [6.45, 7) is 8.64. The number of piperazine rings is 1. The van der Waals surface area contributed by atoms with E-state index in [4.69, 9.17) is 4.74 Å². The summed E-state index contributed by atoms with van der Waals surface area (Å²) in [6, 6.07) is 2.84. The van der Waals surface area contributed by atoms with E-state index in [0.717, 1.165) is 12.8 Å². The van der Waals surface area contributed by atoms with Gasteiger partial charge in [-0.3, -0.25) is 15.0 Å². The highest BCUT2D eigenvalue weighted by Crippen LogP contribution is 2.47. The second-order valence-corrected chi connectivity index (χ2v) is 8.87. The molecule has 2 aliphatic rings. The molecule has 1 unspecified atom stereocenters. The lowest BCUT2D eigenvalue weighted by molar-refractivity contribution is -0.384. The summed E-state index contributed by atoms with van der Waals surface area (Å²) in [4.78, 5) is 31.6. The van der Waals surface area contributed by atoms with E-state index in [0.29, 0.717) is 23.5 Å². The second-order valence-electron chi connectivity index (χ2n) is 8.06. The first kappa shape index (κ1) is 18.9. The summed E-state index contributed by atoms with van der Waals surface area (Å²) in [6.07, 6.45) is 1.49. The van der Waals surface area contributed by atoms with Gasteiger partial charge in [-0.2, -0.15) is 0 Å². The fraction of sp³-hybridized carbons (Fsp3) is 0.647. The largest absolute Gasteiger partial charge is 0.444 e. The number of nitrogens with zero attached hydrogens (tertiary/aromatic N) is 4. The second kappa shape index (κ2) is 6.37. The van der Waals surface area contributed by atoms with Crippen LogP contribution in [0.25, 0.3) is 0 Å². The van der Waals surface area contributed by atoms with E-state index in [2.05, 4.69) is 20.9 Å². The van der Waals surface area contributed by atoms with Gasteiger partial charge in [-0.1, -0.05) is 0 Å². The lowest BCUT2D eigenvalue weighted by atomic mass is 10.1. The fourth-order valence-electron chi connectivity index (χ4n) is 3.30. The number of ether oxygens (including phenoxy) is 1. The highest BCUT2D eigenvalue weighted by Gasteiger charge is 2.56. The third-order valence-electron chi connectivity index (χ3n) is 4.73. The molecule has 1 saturated heterocycles. The van der Waals surface area contributed by atoms with Crippen LogP contribution in [-0.2, 0) is 4.74 Å². The van der Waals surface area contributed by atoms with Crippen LogP contribution < -0.4 is 4.90 Å². The Hall–Kier alpha value is -1.90. The maximum atomic E-state index is 12.6. The van der Waals surface area contributed by atoms with Gasteiger partial charge in [0, 0.05) is 25.2 Å². The number of hydrogen-bond donors (Lipinski definition) is 0. The van der Waals surface area contributed by atoms with Crippen molar-refractivity contribution in [1.82, 2.24) is 9.88 Å². The van der Waals surface area contributed by atoms with E-state index < -0.39 is 10.5 Å². The Morgan fingerprint density at radius 2 is 2.08 bits per heavy atom. The Labute approximate surface area is 160 Å². The van der Waals surface area contributed by atoms with E-state index in [9.17, 15) is 14.9 Å². The molecule has 2 fully saturated rings. The molecule has 1 spiro atoms. The molecule has 0 aromatic carbocycles. The number of halogens is 1. The van der Waals surface area contributed by atoms with Crippen LogP contribution in [0.1, 0.15) is 40.5 Å². The normalized spacial score (nSPS) is 21.7. The van der Waals surface area contributed by atoms with Crippen molar-refractivity contribution < 1.29 is 14.5 Å². The van der Waals surface area contributed by atoms with Crippen molar-refractivity contribution in [2.24, 2.45) is 0 Å². The lowest BCUT2D eigenvalue weighted by Crippen LogP contribution is -2.61. The molecule has 1 aromatic heterocycles. The van der Waals surface area contributed by atoms with Gasteiger partial charge in [0.2, 0.25) is 0 Å². The van der Waals surface area contributed by atoms with Crippen LogP contribution in [0.15, 0.2) is 16.7 Å². The molecule has 8 nitrogen and oxygen atoms in total. The minimum Gasteiger partial charge on any atom is -0.444 e. The minimum atomic E-state index is -0.542. The predicted octanol–water partition coefficient (Wildman–Crippen LogP) is 3.73. The Bertz CT molecular complexity index is 745. The van der Waals surface area contributed by atoms with Crippen LogP contribution in [0.5, 0.6) is 0 Å². The van der Waals surface area contributed by atoms with Gasteiger partial charge in [0.25, 0.3) is 5.69 Å². The molecule has 1 atom stereocenters. The van der Waals surface area contributed by atoms with Gasteiger partial charge in [-0.25, -0.2) is 9.78 Å². The van der Waals surface area contributed by atoms with E-state index in [-0.39, 0.29) is 23.4 Å². The number of hydrogen-bond acceptors (Lipinski definition) is 6. The number of carbonyl (C=O) groups is 1. The summed E-state index contributed by atoms with van der Waals surface area (Å²) < 4.78 is 5.99. The smallest absolute Gasteiger partial charge is 0.410 e. The van der Waals surface area contributed by atoms with Crippen molar-refractivity contribution in [1.29, 1.82) is 0 Å². The number of pyridine rings is 1. The van der Waals surface area contributed by atoms with Gasteiger partial charge in [0.15, 0.2) is 0 Å². The molecule has 0 bridgehead atoms. The maximum absolute atomic E-state index is 12.6. The molecule has 0 N–H and O–H groups in total. The van der Waals surface area contributed by atoms with E-state index in [1.807, 2.05) is 37.5 Å². The van der Waals surface area contributed by atoms with Gasteiger partial charge < -0.3 is 9.64 Å². The van der Waals surface area contributed by atoms with Crippen molar-refractivity contribution >= 4 is 33.5 Å². The molecule has 9 heteroatoms. The molecule has 1 amide bonds. The quantitative estimate of drug-likeness (QED) is 0.406. The zero-order valence-corrected chi connectivity index (χ0v) is 16.9. The Balaban J connectivity index is 1.84. The zero-order chi connectivity index (χ0) is 19.3. The standard InChI is InChI=1S/C17H23BrN4O4/c1-11-9-21(15(23)26-16(2,3)4)17(5-6-17)10-20(11)14-8-12(22(24)25)7-13(18)19-14/h7-8,11H,5-6,9-10H2,1-4H3. The average Bonchev–Trinajstić information content (AvgIpc) is 3.27. The molecule has 2 heterocycles. The molecule has 142 valence electrons. The topological polar surface area (TPSA) is 88.8 Å². The molecule has 26 heavy (non-hydrogen) atoms. The molecular formula is C17H23BrN4O4. The predicted molar refractivity (Wildman–Crippen MR) is 100 cm³/mol. The van der Waals surface area contributed by atoms with Crippen LogP contribution in [0.2, 0.25) is 0 Å². The minimum absolute atomic E-state index is 0.00602. The van der Waals surface area contributed by atoms with Crippen molar-refractivity contribution in [2.45, 2.75) is 57.7 Å². The van der Waals surface area contributed by atoms with Crippen molar-refractivity contribution in [3.8, 4) is 0 Å². The van der Waals surface area contributed by atoms with Crippen LogP contribution in [-0.4, -0.2) is 51.2 Å². The molecule has 1 aliphatic carbocycles. The molecule has 1 saturated carbocycles. The van der Waals surface area contributed by atoms with Crippen LogP contribution >= 0.6 is 15.9 Å². The summed E-state index contributed by atoms with van der Waals surface area (Å²) in [5.41, 5.74) is -0.818. The number of rotatable bonds is 2. The van der Waals surface area contributed by atoms with E-state index >= 15 is 0 Å². The van der Waals surface area contributed by atoms with Gasteiger partial charge in [0.05, 0.1) is 16.5 Å². The number of carbonyl (C=O) groups excluding carboxylic acids is 1. The first-order valence-corrected chi connectivity index (χ1v) is 9.39. The molecule has 3 rings (SSSR count). The number of aromatic nitrogens is 1. The van der Waals surface area contributed by atoms with Crippen LogP contribution in [0, 0.1) is 10.1 Å². The van der Waals surface area contributed by atoms with Crippen molar-refractivity contribution in [3.63, 3.8) is 0 Å². The summed E-state index contributed by atoms with van der Waals surface area (Å²) in [5, 5.41) is 11.2. The third kappa shape index (κ3) is 3.77. The summed E-state index contributed by atoms with van der Waals surface area (Å²) >= 11 is 3.25. The molecular weight excluding hydrogens is 404 g/mol. The molecule has 1 aromatic rings. The number of anilines is 1. The van der Waals surface area contributed by atoms with Gasteiger partial charge in [0.1, 0.15) is 16.0 Å². The van der Waals surface area contributed by atoms with Gasteiger partial charge >= 0.3 is 6.09 Å².